The summed E-state index contributed by atoms with van der Waals surface area (Å²) in [5.74, 6) is -0.956. The molecule has 0 aliphatic heterocycles. The molecule has 0 rings (SSSR count). The minimum Gasteiger partial charge on any atom is -0.462 e. The quantitative estimate of drug-likeness (QED) is 0.0261. The Hall–Kier alpha value is -4.71. The van der Waals surface area contributed by atoms with Gasteiger partial charge in [0, 0.05) is 19.3 Å². The lowest BCUT2D eigenvalue weighted by molar-refractivity contribution is -0.167. The zero-order valence-electron chi connectivity index (χ0n) is 50.4. The predicted octanol–water partition coefficient (Wildman–Crippen LogP) is 21.9. The van der Waals surface area contributed by atoms with Crippen LogP contribution >= 0.6 is 0 Å². The number of hydrogen-bond acceptors (Lipinski definition) is 6. The van der Waals surface area contributed by atoms with Gasteiger partial charge in [-0.05, 0) is 141 Å². The number of carbonyl (C=O) groups is 3. The minimum absolute atomic E-state index is 0.103. The number of rotatable bonds is 56. The van der Waals surface area contributed by atoms with Gasteiger partial charge < -0.3 is 14.2 Å². The molecule has 0 saturated carbocycles. The van der Waals surface area contributed by atoms with Crippen LogP contribution in [0.1, 0.15) is 271 Å². The summed E-state index contributed by atoms with van der Waals surface area (Å²) >= 11 is 0. The molecule has 0 bridgehead atoms. The number of allylic oxidation sites excluding steroid dienone is 24. The van der Waals surface area contributed by atoms with E-state index in [9.17, 15) is 14.4 Å². The molecule has 1 unspecified atom stereocenters. The van der Waals surface area contributed by atoms with Crippen LogP contribution in [-0.4, -0.2) is 37.2 Å². The smallest absolute Gasteiger partial charge is 0.306 e. The van der Waals surface area contributed by atoms with E-state index in [1.807, 2.05) is 0 Å². The van der Waals surface area contributed by atoms with Gasteiger partial charge in [-0.25, -0.2) is 0 Å². The second kappa shape index (κ2) is 64.8. The second-order valence-corrected chi connectivity index (χ2v) is 20.5. The highest BCUT2D eigenvalue weighted by atomic mass is 16.6. The summed E-state index contributed by atoms with van der Waals surface area (Å²) in [6.07, 6.45) is 92.8. The topological polar surface area (TPSA) is 78.9 Å². The number of esters is 3. The molecule has 0 aromatic heterocycles. The van der Waals surface area contributed by atoms with E-state index in [1.54, 1.807) is 0 Å². The third-order valence-corrected chi connectivity index (χ3v) is 13.1. The van der Waals surface area contributed by atoms with Crippen molar-refractivity contribution >= 4 is 17.9 Å². The molecular formula is C72H116O6. The van der Waals surface area contributed by atoms with Gasteiger partial charge in [-0.2, -0.15) is 0 Å². The normalized spacial score (nSPS) is 13.1. The van der Waals surface area contributed by atoms with E-state index in [2.05, 4.69) is 167 Å². The fourth-order valence-corrected chi connectivity index (χ4v) is 8.35. The lowest BCUT2D eigenvalue weighted by atomic mass is 10.1. The van der Waals surface area contributed by atoms with E-state index in [0.717, 1.165) is 161 Å². The second-order valence-electron chi connectivity index (χ2n) is 20.5. The highest BCUT2D eigenvalue weighted by Crippen LogP contribution is 2.14. The summed E-state index contributed by atoms with van der Waals surface area (Å²) in [6.45, 7) is 6.36. The molecule has 6 nitrogen and oxygen atoms in total. The molecule has 0 heterocycles. The van der Waals surface area contributed by atoms with Crippen LogP contribution in [0.3, 0.4) is 0 Å². The van der Waals surface area contributed by atoms with Gasteiger partial charge in [0.05, 0.1) is 0 Å². The number of hydrogen-bond donors (Lipinski definition) is 0. The van der Waals surface area contributed by atoms with Crippen LogP contribution in [0.15, 0.2) is 146 Å². The zero-order chi connectivity index (χ0) is 56.4. The van der Waals surface area contributed by atoms with Gasteiger partial charge in [-0.15, -0.1) is 0 Å². The molecule has 6 heteroatoms. The van der Waals surface area contributed by atoms with Crippen molar-refractivity contribution in [2.24, 2.45) is 0 Å². The maximum absolute atomic E-state index is 12.9. The maximum atomic E-state index is 12.9. The van der Waals surface area contributed by atoms with Gasteiger partial charge in [0.2, 0.25) is 0 Å². The molecule has 0 fully saturated rings. The fraction of sp³-hybridized carbons (Fsp3) is 0.625. The Morgan fingerprint density at radius 2 is 0.500 bits per heavy atom. The molecule has 0 saturated heterocycles. The van der Waals surface area contributed by atoms with Gasteiger partial charge in [0.25, 0.3) is 0 Å². The standard InChI is InChI=1S/C72H116O6/c1-4-7-10-13-16-19-22-25-27-29-30-31-32-33-34-35-36-37-38-39-40-41-42-43-45-47-50-53-56-59-62-65-71(74)77-68-69(67-76-70(73)64-61-58-55-52-49-46-24-21-18-15-12-9-6-3)78-72(75)66-63-60-57-54-51-48-44-28-26-23-20-17-14-11-8-5-2/h7,9-10,12,16,18-19,21,25,27-28,30-31,33-34,36-37,39-40,42-44,46,49,69H,4-6,8,11,13-15,17,20,22-24,26,29,32,35,38,41,45,47-48,50-68H2,1-3H3/b10-7-,12-9-,19-16-,21-18-,27-25-,31-30-,34-33-,37-36-,40-39-,43-42-,44-28-,49-46-. The minimum atomic E-state index is -0.807. The van der Waals surface area contributed by atoms with Gasteiger partial charge in [0.1, 0.15) is 13.2 Å². The largest absolute Gasteiger partial charge is 0.462 e. The van der Waals surface area contributed by atoms with Crippen molar-refractivity contribution in [3.63, 3.8) is 0 Å². The monoisotopic (exact) mass is 1080 g/mol. The van der Waals surface area contributed by atoms with Crippen molar-refractivity contribution in [2.75, 3.05) is 13.2 Å². The molecule has 0 spiro atoms. The summed E-state index contributed by atoms with van der Waals surface area (Å²) in [6, 6.07) is 0. The van der Waals surface area contributed by atoms with E-state index in [-0.39, 0.29) is 31.1 Å². The van der Waals surface area contributed by atoms with Crippen LogP contribution in [-0.2, 0) is 28.6 Å². The first-order valence-electron chi connectivity index (χ1n) is 31.8. The van der Waals surface area contributed by atoms with Crippen LogP contribution in [0.2, 0.25) is 0 Å². The zero-order valence-corrected chi connectivity index (χ0v) is 50.4. The third-order valence-electron chi connectivity index (χ3n) is 13.1. The van der Waals surface area contributed by atoms with Crippen molar-refractivity contribution in [3.8, 4) is 0 Å². The molecule has 0 aromatic carbocycles. The lowest BCUT2D eigenvalue weighted by Crippen LogP contribution is -2.30. The Kier molecular flexibility index (Phi) is 60.9. The molecule has 0 aromatic rings. The van der Waals surface area contributed by atoms with Crippen LogP contribution in [0.25, 0.3) is 0 Å². The molecule has 0 aliphatic carbocycles. The van der Waals surface area contributed by atoms with E-state index >= 15 is 0 Å². The number of unbranched alkanes of at least 4 members (excludes halogenated alkanes) is 21. The maximum Gasteiger partial charge on any atom is 0.306 e. The Morgan fingerprint density at radius 3 is 0.808 bits per heavy atom. The molecule has 0 N–H and O–H groups in total. The Balaban J connectivity index is 4.36. The van der Waals surface area contributed by atoms with E-state index in [0.29, 0.717) is 19.3 Å². The Labute approximate surface area is 480 Å². The summed E-state index contributed by atoms with van der Waals surface area (Å²) in [4.78, 5) is 38.2. The summed E-state index contributed by atoms with van der Waals surface area (Å²) in [5.41, 5.74) is 0. The average molecular weight is 1080 g/mol. The Morgan fingerprint density at radius 1 is 0.269 bits per heavy atom. The Bertz CT molecular complexity index is 1710. The predicted molar refractivity (Wildman–Crippen MR) is 339 cm³/mol. The lowest BCUT2D eigenvalue weighted by Gasteiger charge is -2.18. The van der Waals surface area contributed by atoms with Crippen molar-refractivity contribution in [3.05, 3.63) is 146 Å². The van der Waals surface area contributed by atoms with E-state index < -0.39 is 6.10 Å². The first-order chi connectivity index (χ1) is 38.5. The third kappa shape index (κ3) is 62.1. The van der Waals surface area contributed by atoms with E-state index in [1.165, 1.54) is 70.6 Å². The molecule has 440 valence electrons. The first-order valence-corrected chi connectivity index (χ1v) is 31.8. The summed E-state index contributed by atoms with van der Waals surface area (Å²) in [7, 11) is 0. The SMILES string of the molecule is CC/C=C\C/C=C\C/C=C\C/C=C\C/C=C\C/C=C\C/C=C\C/C=C\CCCCCCCCC(=O)OCC(COC(=O)CCCCC/C=C\C/C=C\C/C=C\CC)OC(=O)CCCCCCC/C=C\CCCCCCCCC. The first kappa shape index (κ1) is 73.3. The van der Waals surface area contributed by atoms with Gasteiger partial charge >= 0.3 is 17.9 Å². The van der Waals surface area contributed by atoms with Gasteiger partial charge in [-0.1, -0.05) is 256 Å². The van der Waals surface area contributed by atoms with Crippen molar-refractivity contribution in [1.82, 2.24) is 0 Å². The van der Waals surface area contributed by atoms with Crippen LogP contribution < -0.4 is 0 Å². The van der Waals surface area contributed by atoms with Crippen LogP contribution in [0, 0.1) is 0 Å². The number of ether oxygens (including phenoxy) is 3. The highest BCUT2D eigenvalue weighted by Gasteiger charge is 2.19. The van der Waals surface area contributed by atoms with Crippen LogP contribution in [0.4, 0.5) is 0 Å². The summed E-state index contributed by atoms with van der Waals surface area (Å²) < 4.78 is 16.9. The molecule has 78 heavy (non-hydrogen) atoms. The molecule has 0 radical (unpaired) electrons. The number of carbonyl (C=O) groups excluding carboxylic acids is 3. The van der Waals surface area contributed by atoms with Crippen molar-refractivity contribution in [2.45, 2.75) is 277 Å². The summed E-state index contributed by atoms with van der Waals surface area (Å²) in [5, 5.41) is 0. The van der Waals surface area contributed by atoms with Gasteiger partial charge in [0.15, 0.2) is 6.10 Å². The van der Waals surface area contributed by atoms with Crippen molar-refractivity contribution < 1.29 is 28.6 Å². The highest BCUT2D eigenvalue weighted by molar-refractivity contribution is 5.71. The molecular weight excluding hydrogens is 961 g/mol. The fourth-order valence-electron chi connectivity index (χ4n) is 8.35. The molecule has 0 aliphatic rings. The molecule has 1 atom stereocenters. The van der Waals surface area contributed by atoms with Gasteiger partial charge in [-0.3, -0.25) is 14.4 Å². The molecule has 0 amide bonds. The van der Waals surface area contributed by atoms with E-state index in [4.69, 9.17) is 14.2 Å². The average Bonchev–Trinajstić information content (AvgIpc) is 3.44. The van der Waals surface area contributed by atoms with Crippen LogP contribution in [0.5, 0.6) is 0 Å². The van der Waals surface area contributed by atoms with Crippen molar-refractivity contribution in [1.29, 1.82) is 0 Å².